The van der Waals surface area contributed by atoms with Crippen LogP contribution in [0.1, 0.15) is 65.2 Å². The Bertz CT molecular complexity index is 225. The lowest BCUT2D eigenvalue weighted by molar-refractivity contribution is 0.0882. The molecule has 1 saturated carbocycles. The van der Waals surface area contributed by atoms with E-state index in [-0.39, 0.29) is 5.54 Å². The monoisotopic (exact) mass is 239 g/mol. The van der Waals surface area contributed by atoms with E-state index < -0.39 is 0 Å². The van der Waals surface area contributed by atoms with Gasteiger partial charge in [-0.15, -0.1) is 0 Å². The molecule has 0 amide bonds. The molecule has 17 heavy (non-hydrogen) atoms. The first kappa shape index (κ1) is 13.4. The van der Waals surface area contributed by atoms with Crippen LogP contribution in [0.2, 0.25) is 0 Å². The Kier molecular flexibility index (Phi) is 4.48. The van der Waals surface area contributed by atoms with Crippen molar-refractivity contribution in [1.29, 1.82) is 0 Å². The molecule has 2 fully saturated rings. The summed E-state index contributed by atoms with van der Waals surface area (Å²) in [6.45, 7) is 5.67. The van der Waals surface area contributed by atoms with Crippen molar-refractivity contribution < 1.29 is 4.74 Å². The molecule has 2 nitrogen and oxygen atoms in total. The van der Waals surface area contributed by atoms with Crippen LogP contribution in [0.4, 0.5) is 0 Å². The second-order valence-electron chi connectivity index (χ2n) is 6.62. The van der Waals surface area contributed by atoms with Crippen LogP contribution in [0.3, 0.4) is 0 Å². The van der Waals surface area contributed by atoms with Gasteiger partial charge in [-0.25, -0.2) is 0 Å². The zero-order valence-corrected chi connectivity index (χ0v) is 11.6. The van der Waals surface area contributed by atoms with Crippen molar-refractivity contribution in [3.8, 4) is 0 Å². The molecule has 2 aliphatic rings. The van der Waals surface area contributed by atoms with E-state index >= 15 is 0 Å². The Morgan fingerprint density at radius 1 is 1.24 bits per heavy atom. The van der Waals surface area contributed by atoms with Gasteiger partial charge in [-0.2, -0.15) is 0 Å². The lowest BCUT2D eigenvalue weighted by atomic mass is 9.71. The smallest absolute Gasteiger partial charge is 0.0576 e. The van der Waals surface area contributed by atoms with Crippen molar-refractivity contribution in [3.05, 3.63) is 0 Å². The van der Waals surface area contributed by atoms with Gasteiger partial charge in [0.2, 0.25) is 0 Å². The molecule has 1 aliphatic heterocycles. The highest BCUT2D eigenvalue weighted by Gasteiger charge is 2.33. The van der Waals surface area contributed by atoms with Crippen LogP contribution in [-0.2, 0) is 4.74 Å². The second kappa shape index (κ2) is 5.71. The Balaban J connectivity index is 1.72. The Labute approximate surface area is 106 Å². The van der Waals surface area contributed by atoms with Crippen LogP contribution in [0, 0.1) is 11.8 Å². The van der Waals surface area contributed by atoms with Crippen molar-refractivity contribution in [2.24, 2.45) is 17.6 Å². The molecule has 1 heterocycles. The highest BCUT2D eigenvalue weighted by Crippen LogP contribution is 2.37. The third kappa shape index (κ3) is 3.69. The standard InChI is InChI=1S/C15H29NO/c1-12(2)13-5-8-15(16,9-6-13)10-7-14-4-3-11-17-14/h12-14H,3-11,16H2,1-2H3. The topological polar surface area (TPSA) is 35.2 Å². The molecule has 0 bridgehead atoms. The summed E-state index contributed by atoms with van der Waals surface area (Å²) in [7, 11) is 0. The summed E-state index contributed by atoms with van der Waals surface area (Å²) < 4.78 is 5.69. The molecule has 1 aliphatic carbocycles. The highest BCUT2D eigenvalue weighted by atomic mass is 16.5. The van der Waals surface area contributed by atoms with Gasteiger partial charge in [0, 0.05) is 12.1 Å². The summed E-state index contributed by atoms with van der Waals surface area (Å²) >= 11 is 0. The molecular formula is C15H29NO. The van der Waals surface area contributed by atoms with Crippen molar-refractivity contribution >= 4 is 0 Å². The lowest BCUT2D eigenvalue weighted by Crippen LogP contribution is -2.44. The van der Waals surface area contributed by atoms with E-state index in [1.54, 1.807) is 0 Å². The zero-order chi connectivity index (χ0) is 12.3. The van der Waals surface area contributed by atoms with Crippen molar-refractivity contribution in [2.45, 2.75) is 76.9 Å². The molecule has 0 radical (unpaired) electrons. The molecule has 0 spiro atoms. The summed E-state index contributed by atoms with van der Waals surface area (Å²) in [5.41, 5.74) is 6.67. The maximum atomic E-state index is 6.54. The predicted molar refractivity (Wildman–Crippen MR) is 71.9 cm³/mol. The van der Waals surface area contributed by atoms with Crippen LogP contribution in [-0.4, -0.2) is 18.2 Å². The third-order valence-corrected chi connectivity index (χ3v) is 4.96. The largest absolute Gasteiger partial charge is 0.378 e. The van der Waals surface area contributed by atoms with Crippen LogP contribution in [0.15, 0.2) is 0 Å². The van der Waals surface area contributed by atoms with Crippen molar-refractivity contribution in [2.75, 3.05) is 6.61 Å². The van der Waals surface area contributed by atoms with Gasteiger partial charge >= 0.3 is 0 Å². The zero-order valence-electron chi connectivity index (χ0n) is 11.6. The Morgan fingerprint density at radius 3 is 2.47 bits per heavy atom. The Morgan fingerprint density at radius 2 is 1.94 bits per heavy atom. The van der Waals surface area contributed by atoms with Crippen molar-refractivity contribution in [3.63, 3.8) is 0 Å². The highest BCUT2D eigenvalue weighted by molar-refractivity contribution is 4.91. The van der Waals surface area contributed by atoms with E-state index in [0.717, 1.165) is 18.4 Å². The first-order chi connectivity index (χ1) is 8.09. The number of hydrogen-bond acceptors (Lipinski definition) is 2. The first-order valence-corrected chi connectivity index (χ1v) is 7.49. The van der Waals surface area contributed by atoms with Crippen LogP contribution in [0.5, 0.6) is 0 Å². The maximum Gasteiger partial charge on any atom is 0.0576 e. The van der Waals surface area contributed by atoms with Gasteiger partial charge < -0.3 is 10.5 Å². The van der Waals surface area contributed by atoms with Gasteiger partial charge in [0.25, 0.3) is 0 Å². The van der Waals surface area contributed by atoms with Gasteiger partial charge in [0.1, 0.15) is 0 Å². The minimum Gasteiger partial charge on any atom is -0.378 e. The molecule has 2 heteroatoms. The fraction of sp³-hybridized carbons (Fsp3) is 1.00. The number of nitrogens with two attached hydrogens (primary N) is 1. The quantitative estimate of drug-likeness (QED) is 0.815. The van der Waals surface area contributed by atoms with Gasteiger partial charge in [-0.3, -0.25) is 0 Å². The van der Waals surface area contributed by atoms with Crippen LogP contribution >= 0.6 is 0 Å². The summed E-state index contributed by atoms with van der Waals surface area (Å²) in [6.07, 6.45) is 10.5. The average Bonchev–Trinajstić information content (AvgIpc) is 2.80. The minimum absolute atomic E-state index is 0.122. The number of rotatable bonds is 4. The van der Waals surface area contributed by atoms with E-state index in [0.29, 0.717) is 6.10 Å². The predicted octanol–water partition coefficient (Wildman–Crippen LogP) is 3.49. The molecule has 0 aromatic carbocycles. The normalized spacial score (nSPS) is 38.8. The van der Waals surface area contributed by atoms with Gasteiger partial charge in [0.15, 0.2) is 0 Å². The third-order valence-electron chi connectivity index (χ3n) is 4.96. The van der Waals surface area contributed by atoms with Crippen molar-refractivity contribution in [1.82, 2.24) is 0 Å². The fourth-order valence-electron chi connectivity index (χ4n) is 3.45. The molecule has 0 aromatic heterocycles. The molecule has 1 atom stereocenters. The second-order valence-corrected chi connectivity index (χ2v) is 6.62. The first-order valence-electron chi connectivity index (χ1n) is 7.49. The van der Waals surface area contributed by atoms with Crippen LogP contribution < -0.4 is 5.73 Å². The molecule has 1 saturated heterocycles. The van der Waals surface area contributed by atoms with E-state index in [2.05, 4.69) is 13.8 Å². The molecule has 2 N–H and O–H groups in total. The maximum absolute atomic E-state index is 6.54. The lowest BCUT2D eigenvalue weighted by Gasteiger charge is -2.39. The number of hydrogen-bond donors (Lipinski definition) is 1. The summed E-state index contributed by atoms with van der Waals surface area (Å²) in [5.74, 6) is 1.74. The summed E-state index contributed by atoms with van der Waals surface area (Å²) in [4.78, 5) is 0. The van der Waals surface area contributed by atoms with E-state index in [1.165, 1.54) is 51.4 Å². The van der Waals surface area contributed by atoms with Crippen LogP contribution in [0.25, 0.3) is 0 Å². The molecule has 1 unspecified atom stereocenters. The average molecular weight is 239 g/mol. The minimum atomic E-state index is 0.122. The van der Waals surface area contributed by atoms with Gasteiger partial charge in [-0.1, -0.05) is 13.8 Å². The van der Waals surface area contributed by atoms with Gasteiger partial charge in [0.05, 0.1) is 6.10 Å². The van der Waals surface area contributed by atoms with E-state index in [1.807, 2.05) is 0 Å². The molecule has 100 valence electrons. The molecule has 2 rings (SSSR count). The molecular weight excluding hydrogens is 210 g/mol. The van der Waals surface area contributed by atoms with E-state index in [4.69, 9.17) is 10.5 Å². The fourth-order valence-corrected chi connectivity index (χ4v) is 3.45. The molecule has 0 aromatic rings. The summed E-state index contributed by atoms with van der Waals surface area (Å²) in [5, 5.41) is 0. The van der Waals surface area contributed by atoms with Gasteiger partial charge in [-0.05, 0) is 63.2 Å². The number of ether oxygens (including phenoxy) is 1. The SMILES string of the molecule is CC(C)C1CCC(N)(CCC2CCCO2)CC1. The summed E-state index contributed by atoms with van der Waals surface area (Å²) in [6, 6.07) is 0. The Hall–Kier alpha value is -0.0800. The van der Waals surface area contributed by atoms with E-state index in [9.17, 15) is 0 Å².